The highest BCUT2D eigenvalue weighted by Crippen LogP contribution is 2.15. The molecule has 0 saturated carbocycles. The van der Waals surface area contributed by atoms with Gasteiger partial charge in [-0.1, -0.05) is 6.92 Å². The summed E-state index contributed by atoms with van der Waals surface area (Å²) in [5.41, 5.74) is -0.955. The van der Waals surface area contributed by atoms with Gasteiger partial charge in [-0.05, 0) is 66.5 Å². The van der Waals surface area contributed by atoms with E-state index in [1.54, 1.807) is 7.05 Å². The van der Waals surface area contributed by atoms with E-state index in [1.165, 1.54) is 25.9 Å². The van der Waals surface area contributed by atoms with Crippen LogP contribution in [-0.2, 0) is 4.74 Å². The number of aliphatic imine (C=N–C) groups is 1. The van der Waals surface area contributed by atoms with Gasteiger partial charge in [-0.25, -0.2) is 4.79 Å². The van der Waals surface area contributed by atoms with Crippen LogP contribution in [0.1, 0.15) is 54.4 Å². The first-order chi connectivity index (χ1) is 12.0. The zero-order valence-corrected chi connectivity index (χ0v) is 20.5. The summed E-state index contributed by atoms with van der Waals surface area (Å²) in [6, 6.07) is 0. The molecule has 1 aliphatic rings. The number of rotatable bonds is 7. The summed E-state index contributed by atoms with van der Waals surface area (Å²) >= 11 is 0. The van der Waals surface area contributed by atoms with Crippen LogP contribution in [0.2, 0.25) is 0 Å². The fourth-order valence-corrected chi connectivity index (χ4v) is 2.99. The summed E-state index contributed by atoms with van der Waals surface area (Å²) in [6.07, 6.45) is 2.04. The van der Waals surface area contributed by atoms with Gasteiger partial charge in [-0.15, -0.1) is 24.0 Å². The molecule has 0 radical (unpaired) electrons. The number of hydrogen-bond acceptors (Lipinski definition) is 4. The molecule has 1 fully saturated rings. The first kappa shape index (κ1) is 26.2. The fraction of sp³-hybridized carbons (Fsp3) is 0.895. The average molecular weight is 497 g/mol. The van der Waals surface area contributed by atoms with E-state index in [2.05, 4.69) is 32.8 Å². The predicted molar refractivity (Wildman–Crippen MR) is 123 cm³/mol. The van der Waals surface area contributed by atoms with Crippen LogP contribution in [0.15, 0.2) is 4.99 Å². The van der Waals surface area contributed by atoms with E-state index >= 15 is 0 Å². The molecule has 0 aromatic carbocycles. The molecule has 0 aromatic rings. The lowest BCUT2D eigenvalue weighted by Crippen LogP contribution is -2.54. The third-order valence-corrected chi connectivity index (χ3v) is 4.23. The van der Waals surface area contributed by atoms with Gasteiger partial charge in [-0.2, -0.15) is 0 Å². The number of carbonyl (C=O) groups is 1. The lowest BCUT2D eigenvalue weighted by Gasteiger charge is -2.29. The lowest BCUT2D eigenvalue weighted by molar-refractivity contribution is 0.0474. The van der Waals surface area contributed by atoms with E-state index in [9.17, 15) is 4.79 Å². The van der Waals surface area contributed by atoms with E-state index in [-0.39, 0.29) is 24.0 Å². The van der Waals surface area contributed by atoms with Gasteiger partial charge >= 0.3 is 6.09 Å². The van der Waals surface area contributed by atoms with Crippen LogP contribution >= 0.6 is 24.0 Å². The molecule has 1 unspecified atom stereocenters. The number of amides is 1. The summed E-state index contributed by atoms with van der Waals surface area (Å²) in [5.74, 6) is 1.42. The Labute approximate surface area is 182 Å². The third-order valence-electron chi connectivity index (χ3n) is 4.23. The van der Waals surface area contributed by atoms with Crippen LogP contribution in [0, 0.1) is 5.92 Å². The molecule has 27 heavy (non-hydrogen) atoms. The largest absolute Gasteiger partial charge is 0.444 e. The van der Waals surface area contributed by atoms with Crippen LogP contribution in [0.25, 0.3) is 0 Å². The maximum absolute atomic E-state index is 12.0. The second-order valence-electron chi connectivity index (χ2n) is 8.77. The molecule has 0 aliphatic carbocycles. The Bertz CT molecular complexity index is 477. The van der Waals surface area contributed by atoms with Crippen molar-refractivity contribution in [2.75, 3.05) is 39.8 Å². The maximum Gasteiger partial charge on any atom is 0.408 e. The van der Waals surface area contributed by atoms with Crippen molar-refractivity contribution in [3.63, 3.8) is 0 Å². The van der Waals surface area contributed by atoms with Gasteiger partial charge in [0.05, 0.1) is 5.54 Å². The van der Waals surface area contributed by atoms with Crippen molar-refractivity contribution in [3.8, 4) is 0 Å². The molecular weight excluding hydrogens is 457 g/mol. The highest BCUT2D eigenvalue weighted by atomic mass is 127. The number of ether oxygens (including phenoxy) is 1. The molecule has 1 aliphatic heterocycles. The normalized spacial score (nSPS) is 18.6. The van der Waals surface area contributed by atoms with E-state index in [0.717, 1.165) is 19.0 Å². The number of guanidine groups is 1. The highest BCUT2D eigenvalue weighted by molar-refractivity contribution is 14.0. The quantitative estimate of drug-likeness (QED) is 0.287. The average Bonchev–Trinajstić information content (AvgIpc) is 2.92. The standard InChI is InChI=1S/C19H39N5O2.HI/c1-8-10-24-11-9-15(13-24)12-21-16(20-7)22-14-19(5,6)23-17(25)26-18(2,3)4;/h15H,8-14H2,1-7H3,(H,23,25)(H2,20,21,22);1H. The molecule has 1 rings (SSSR count). The Morgan fingerprint density at radius 2 is 1.89 bits per heavy atom. The first-order valence-corrected chi connectivity index (χ1v) is 9.72. The minimum atomic E-state index is -0.502. The van der Waals surface area contributed by atoms with Gasteiger partial charge in [0, 0.05) is 26.7 Å². The minimum absolute atomic E-state index is 0. The van der Waals surface area contributed by atoms with Crippen LogP contribution in [0.4, 0.5) is 4.79 Å². The second-order valence-corrected chi connectivity index (χ2v) is 8.77. The molecule has 3 N–H and O–H groups in total. The minimum Gasteiger partial charge on any atom is -0.444 e. The van der Waals surface area contributed by atoms with E-state index in [4.69, 9.17) is 4.74 Å². The summed E-state index contributed by atoms with van der Waals surface area (Å²) in [6.45, 7) is 16.7. The van der Waals surface area contributed by atoms with Crippen molar-refractivity contribution in [3.05, 3.63) is 0 Å². The summed E-state index contributed by atoms with van der Waals surface area (Å²) < 4.78 is 5.32. The molecule has 7 nitrogen and oxygen atoms in total. The Morgan fingerprint density at radius 3 is 2.44 bits per heavy atom. The van der Waals surface area contributed by atoms with Crippen molar-refractivity contribution in [1.82, 2.24) is 20.9 Å². The van der Waals surface area contributed by atoms with Crippen molar-refractivity contribution < 1.29 is 9.53 Å². The number of nitrogens with zero attached hydrogens (tertiary/aromatic N) is 2. The summed E-state index contributed by atoms with van der Waals surface area (Å²) in [5, 5.41) is 9.60. The number of carbonyl (C=O) groups excluding carboxylic acids is 1. The number of alkyl carbamates (subject to hydrolysis) is 1. The number of nitrogens with one attached hydrogen (secondary N) is 3. The van der Waals surface area contributed by atoms with Crippen LogP contribution in [0.3, 0.4) is 0 Å². The molecule has 1 saturated heterocycles. The molecular formula is C19H40IN5O2. The first-order valence-electron chi connectivity index (χ1n) is 9.72. The molecule has 0 bridgehead atoms. The Hall–Kier alpha value is -0.770. The van der Waals surface area contributed by atoms with E-state index < -0.39 is 17.2 Å². The van der Waals surface area contributed by atoms with Gasteiger partial charge in [-0.3, -0.25) is 4.99 Å². The molecule has 1 atom stereocenters. The number of halogens is 1. The van der Waals surface area contributed by atoms with Crippen molar-refractivity contribution in [1.29, 1.82) is 0 Å². The number of likely N-dealkylation sites (tertiary alicyclic amines) is 1. The highest BCUT2D eigenvalue weighted by Gasteiger charge is 2.25. The van der Waals surface area contributed by atoms with Gasteiger partial charge < -0.3 is 25.6 Å². The van der Waals surface area contributed by atoms with Crippen LogP contribution < -0.4 is 16.0 Å². The van der Waals surface area contributed by atoms with Crippen molar-refractivity contribution in [2.45, 2.75) is 65.5 Å². The number of hydrogen-bond donors (Lipinski definition) is 3. The molecule has 0 aromatic heterocycles. The van der Waals surface area contributed by atoms with Gasteiger partial charge in [0.1, 0.15) is 5.60 Å². The van der Waals surface area contributed by atoms with E-state index in [0.29, 0.717) is 12.5 Å². The second kappa shape index (κ2) is 11.9. The Balaban J connectivity index is 0.00000676. The van der Waals surface area contributed by atoms with Gasteiger partial charge in [0.25, 0.3) is 0 Å². The summed E-state index contributed by atoms with van der Waals surface area (Å²) in [7, 11) is 1.77. The Morgan fingerprint density at radius 1 is 1.22 bits per heavy atom. The lowest BCUT2D eigenvalue weighted by atomic mass is 10.1. The van der Waals surface area contributed by atoms with Crippen molar-refractivity contribution >= 4 is 36.0 Å². The van der Waals surface area contributed by atoms with Crippen LogP contribution in [-0.4, -0.2) is 67.9 Å². The zero-order valence-electron chi connectivity index (χ0n) is 18.1. The maximum atomic E-state index is 12.0. The molecule has 0 spiro atoms. The molecule has 160 valence electrons. The van der Waals surface area contributed by atoms with Crippen LogP contribution in [0.5, 0.6) is 0 Å². The molecule has 8 heteroatoms. The SMILES string of the molecule is CCCN1CCC(CNC(=NC)NCC(C)(C)NC(=O)OC(C)(C)C)C1.I. The zero-order chi connectivity index (χ0) is 19.8. The van der Waals surface area contributed by atoms with Gasteiger partial charge in [0.15, 0.2) is 5.96 Å². The third kappa shape index (κ3) is 11.6. The summed E-state index contributed by atoms with van der Waals surface area (Å²) in [4.78, 5) is 18.8. The Kier molecular flexibility index (Phi) is 11.6. The van der Waals surface area contributed by atoms with Gasteiger partial charge in [0.2, 0.25) is 0 Å². The fourth-order valence-electron chi connectivity index (χ4n) is 2.99. The smallest absolute Gasteiger partial charge is 0.408 e. The molecule has 1 amide bonds. The van der Waals surface area contributed by atoms with Crippen molar-refractivity contribution in [2.24, 2.45) is 10.9 Å². The topological polar surface area (TPSA) is 78.0 Å². The molecule has 1 heterocycles. The monoisotopic (exact) mass is 497 g/mol. The predicted octanol–water partition coefficient (Wildman–Crippen LogP) is 2.80. The van der Waals surface area contributed by atoms with E-state index in [1.807, 2.05) is 34.6 Å².